The van der Waals surface area contributed by atoms with Crippen LogP contribution in [0.25, 0.3) is 0 Å². The standard InChI is InChI=1S/C6H11NO2.CH3Cl/c7-5-2-1-4(3-5)6(8)9;1-2/h4-5H,1-3,7H2,(H,8,9);1H3/t4?,5-;/m1./s1. The summed E-state index contributed by atoms with van der Waals surface area (Å²) in [6.45, 7) is 0. The number of carboxylic acids is 1. The molecule has 1 aliphatic carbocycles. The van der Waals surface area contributed by atoms with Crippen molar-refractivity contribution in [3.8, 4) is 0 Å². The van der Waals surface area contributed by atoms with Crippen LogP contribution in [0.15, 0.2) is 0 Å². The first kappa shape index (κ1) is 10.7. The Kier molecular flexibility index (Phi) is 5.24. The van der Waals surface area contributed by atoms with Gasteiger partial charge in [-0.15, -0.1) is 11.6 Å². The van der Waals surface area contributed by atoms with Gasteiger partial charge in [-0.05, 0) is 19.3 Å². The smallest absolute Gasteiger partial charge is 0.306 e. The summed E-state index contributed by atoms with van der Waals surface area (Å²) in [7, 11) is 0. The van der Waals surface area contributed by atoms with Gasteiger partial charge in [0, 0.05) is 12.4 Å². The van der Waals surface area contributed by atoms with Crippen molar-refractivity contribution >= 4 is 17.6 Å². The predicted molar refractivity (Wildman–Crippen MR) is 44.7 cm³/mol. The third-order valence-electron chi connectivity index (χ3n) is 1.82. The third kappa shape index (κ3) is 3.58. The topological polar surface area (TPSA) is 63.3 Å². The van der Waals surface area contributed by atoms with E-state index in [9.17, 15) is 4.79 Å². The van der Waals surface area contributed by atoms with Gasteiger partial charge in [-0.25, -0.2) is 0 Å². The molecule has 0 radical (unpaired) electrons. The van der Waals surface area contributed by atoms with E-state index in [0.29, 0.717) is 6.42 Å². The van der Waals surface area contributed by atoms with Crippen LogP contribution in [0.1, 0.15) is 19.3 Å². The Morgan fingerprint density at radius 2 is 2.09 bits per heavy atom. The van der Waals surface area contributed by atoms with Gasteiger partial charge in [-0.3, -0.25) is 4.79 Å². The van der Waals surface area contributed by atoms with Gasteiger partial charge in [0.25, 0.3) is 0 Å². The Morgan fingerprint density at radius 1 is 1.55 bits per heavy atom. The van der Waals surface area contributed by atoms with Crippen molar-refractivity contribution in [1.82, 2.24) is 0 Å². The predicted octanol–water partition coefficient (Wildman–Crippen LogP) is 1.05. The van der Waals surface area contributed by atoms with E-state index < -0.39 is 5.97 Å². The number of halogens is 1. The van der Waals surface area contributed by atoms with E-state index >= 15 is 0 Å². The van der Waals surface area contributed by atoms with Crippen LogP contribution in [-0.2, 0) is 4.79 Å². The summed E-state index contributed by atoms with van der Waals surface area (Å²) in [6.07, 6.45) is 3.77. The number of alkyl halides is 1. The van der Waals surface area contributed by atoms with Gasteiger partial charge in [0.05, 0.1) is 5.92 Å². The van der Waals surface area contributed by atoms with Crippen molar-refractivity contribution in [2.75, 3.05) is 6.38 Å². The molecular formula is C7H14ClNO2. The highest BCUT2D eigenvalue weighted by atomic mass is 35.5. The fraction of sp³-hybridized carbons (Fsp3) is 0.857. The molecule has 0 bridgehead atoms. The number of nitrogens with two attached hydrogens (primary N) is 1. The highest BCUT2D eigenvalue weighted by Gasteiger charge is 2.26. The van der Waals surface area contributed by atoms with Crippen molar-refractivity contribution in [1.29, 1.82) is 0 Å². The largest absolute Gasteiger partial charge is 0.481 e. The second-order valence-electron chi connectivity index (χ2n) is 2.61. The Bertz CT molecular complexity index is 130. The maximum absolute atomic E-state index is 10.3. The quantitative estimate of drug-likeness (QED) is 0.592. The molecule has 0 amide bonds. The van der Waals surface area contributed by atoms with Crippen LogP contribution in [0.4, 0.5) is 0 Å². The number of hydrogen-bond donors (Lipinski definition) is 2. The van der Waals surface area contributed by atoms with Gasteiger partial charge in [0.15, 0.2) is 0 Å². The molecule has 0 spiro atoms. The number of carboxylic acid groups (broad SMARTS) is 1. The zero-order chi connectivity index (χ0) is 8.85. The molecule has 1 unspecified atom stereocenters. The van der Waals surface area contributed by atoms with E-state index in [0.717, 1.165) is 12.8 Å². The zero-order valence-electron chi connectivity index (χ0n) is 6.59. The average molecular weight is 180 g/mol. The van der Waals surface area contributed by atoms with E-state index in [2.05, 4.69) is 11.6 Å². The molecule has 3 N–H and O–H groups in total. The lowest BCUT2D eigenvalue weighted by molar-refractivity contribution is -0.141. The molecule has 1 rings (SSSR count). The van der Waals surface area contributed by atoms with Crippen LogP contribution in [-0.4, -0.2) is 23.5 Å². The van der Waals surface area contributed by atoms with E-state index in [1.54, 1.807) is 0 Å². The van der Waals surface area contributed by atoms with E-state index in [1.807, 2.05) is 0 Å². The first-order valence-corrected chi connectivity index (χ1v) is 4.32. The molecule has 11 heavy (non-hydrogen) atoms. The highest BCUT2D eigenvalue weighted by molar-refractivity contribution is 6.15. The van der Waals surface area contributed by atoms with Crippen molar-refractivity contribution in [2.24, 2.45) is 11.7 Å². The molecule has 3 nitrogen and oxygen atoms in total. The molecule has 0 aliphatic heterocycles. The van der Waals surface area contributed by atoms with Gasteiger partial charge in [0.2, 0.25) is 0 Å². The second-order valence-corrected chi connectivity index (χ2v) is 2.61. The molecule has 4 heteroatoms. The van der Waals surface area contributed by atoms with Crippen LogP contribution < -0.4 is 5.73 Å². The van der Waals surface area contributed by atoms with E-state index in [4.69, 9.17) is 10.8 Å². The molecule has 1 saturated carbocycles. The Hall–Kier alpha value is -0.280. The van der Waals surface area contributed by atoms with Crippen molar-refractivity contribution < 1.29 is 9.90 Å². The van der Waals surface area contributed by atoms with Crippen LogP contribution >= 0.6 is 11.6 Å². The maximum atomic E-state index is 10.3. The lowest BCUT2D eigenvalue weighted by atomic mass is 10.1. The molecule has 0 heterocycles. The molecule has 0 aromatic rings. The monoisotopic (exact) mass is 179 g/mol. The van der Waals surface area contributed by atoms with Gasteiger partial charge in [-0.2, -0.15) is 0 Å². The van der Waals surface area contributed by atoms with Crippen LogP contribution in [0.3, 0.4) is 0 Å². The van der Waals surface area contributed by atoms with Gasteiger partial charge >= 0.3 is 5.97 Å². The Labute approximate surface area is 71.5 Å². The highest BCUT2D eigenvalue weighted by Crippen LogP contribution is 2.23. The van der Waals surface area contributed by atoms with Gasteiger partial charge < -0.3 is 10.8 Å². The Morgan fingerprint density at radius 3 is 2.27 bits per heavy atom. The van der Waals surface area contributed by atoms with Crippen molar-refractivity contribution in [2.45, 2.75) is 25.3 Å². The van der Waals surface area contributed by atoms with E-state index in [1.165, 1.54) is 6.38 Å². The number of hydrogen-bond acceptors (Lipinski definition) is 2. The molecule has 0 aromatic heterocycles. The van der Waals surface area contributed by atoms with E-state index in [-0.39, 0.29) is 12.0 Å². The lowest BCUT2D eigenvalue weighted by Crippen LogP contribution is -2.17. The van der Waals surface area contributed by atoms with Gasteiger partial charge in [-0.1, -0.05) is 0 Å². The first-order chi connectivity index (χ1) is 5.20. The van der Waals surface area contributed by atoms with Crippen LogP contribution in [0.2, 0.25) is 0 Å². The molecule has 66 valence electrons. The normalized spacial score (nSPS) is 29.0. The molecule has 1 aliphatic rings. The van der Waals surface area contributed by atoms with Crippen LogP contribution in [0.5, 0.6) is 0 Å². The number of aliphatic carboxylic acids is 1. The summed E-state index contributed by atoms with van der Waals surface area (Å²) in [6, 6.07) is 0.131. The molecule has 0 saturated heterocycles. The SMILES string of the molecule is CCl.N[C@@H]1CCC(C(=O)O)C1. The second kappa shape index (κ2) is 5.38. The number of carbonyl (C=O) groups is 1. The van der Waals surface area contributed by atoms with Crippen molar-refractivity contribution in [3.05, 3.63) is 0 Å². The maximum Gasteiger partial charge on any atom is 0.306 e. The van der Waals surface area contributed by atoms with Crippen LogP contribution in [0, 0.1) is 5.92 Å². The summed E-state index contributed by atoms with van der Waals surface area (Å²) in [5, 5.41) is 8.48. The Balaban J connectivity index is 0.000000461. The zero-order valence-corrected chi connectivity index (χ0v) is 7.34. The van der Waals surface area contributed by atoms with Gasteiger partial charge in [0.1, 0.15) is 0 Å². The minimum atomic E-state index is -0.692. The molecular weight excluding hydrogens is 166 g/mol. The minimum Gasteiger partial charge on any atom is -0.481 e. The fourth-order valence-electron chi connectivity index (χ4n) is 1.24. The molecule has 2 atom stereocenters. The van der Waals surface area contributed by atoms with Crippen molar-refractivity contribution in [3.63, 3.8) is 0 Å². The fourth-order valence-corrected chi connectivity index (χ4v) is 1.24. The average Bonchev–Trinajstić information content (AvgIpc) is 2.40. The summed E-state index contributed by atoms with van der Waals surface area (Å²) in [5.74, 6) is -0.858. The lowest BCUT2D eigenvalue weighted by Gasteiger charge is -1.99. The summed E-state index contributed by atoms with van der Waals surface area (Å²) >= 11 is 4.64. The minimum absolute atomic E-state index is 0.131. The summed E-state index contributed by atoms with van der Waals surface area (Å²) in [5.41, 5.74) is 5.50. The number of rotatable bonds is 1. The summed E-state index contributed by atoms with van der Waals surface area (Å²) in [4.78, 5) is 10.3. The summed E-state index contributed by atoms with van der Waals surface area (Å²) < 4.78 is 0. The third-order valence-corrected chi connectivity index (χ3v) is 1.82. The molecule has 1 fully saturated rings. The molecule has 0 aromatic carbocycles. The first-order valence-electron chi connectivity index (χ1n) is 3.56.